The van der Waals surface area contributed by atoms with Gasteiger partial charge in [0, 0.05) is 38.5 Å². The van der Waals surface area contributed by atoms with Gasteiger partial charge in [-0.15, -0.1) is 0 Å². The minimum atomic E-state index is -0.412. The molecule has 0 saturated carbocycles. The maximum atomic E-state index is 11.5. The molecule has 38 heavy (non-hydrogen) atoms. The molecular formula is C31H29NO6. The number of anilines is 2. The molecule has 0 heterocycles. The maximum absolute atomic E-state index is 11.5. The van der Waals surface area contributed by atoms with Crippen molar-refractivity contribution in [3.8, 4) is 45.6 Å². The minimum absolute atomic E-state index is 0.143. The summed E-state index contributed by atoms with van der Waals surface area (Å²) in [6.07, 6.45) is 1.24. The molecule has 0 fully saturated rings. The van der Waals surface area contributed by atoms with Crippen LogP contribution < -0.4 is 5.32 Å². The molecule has 5 aromatic rings. The molecule has 7 nitrogen and oxygen atoms in total. The first-order chi connectivity index (χ1) is 18.1. The zero-order valence-electron chi connectivity index (χ0n) is 21.3. The van der Waals surface area contributed by atoms with Crippen LogP contribution in [0.3, 0.4) is 0 Å². The first kappa shape index (κ1) is 24.9. The Kier molecular flexibility index (Phi) is 6.07. The van der Waals surface area contributed by atoms with Crippen LogP contribution in [0.2, 0.25) is 0 Å². The summed E-state index contributed by atoms with van der Waals surface area (Å²) in [6, 6.07) is 15.4. The maximum Gasteiger partial charge on any atom is 0.182 e. The van der Waals surface area contributed by atoms with Crippen molar-refractivity contribution in [2.45, 2.75) is 33.6 Å². The molecule has 0 spiro atoms. The van der Waals surface area contributed by atoms with Crippen LogP contribution in [0, 0.1) is 13.8 Å². The Balaban J connectivity index is 1.80. The third kappa shape index (κ3) is 3.84. The van der Waals surface area contributed by atoms with E-state index in [9.17, 15) is 30.6 Å². The predicted octanol–water partition coefficient (Wildman–Crippen LogP) is 7.21. The lowest BCUT2D eigenvalue weighted by atomic mass is 9.87. The van der Waals surface area contributed by atoms with Crippen LogP contribution in [0.15, 0.2) is 54.6 Å². The fraction of sp³-hybridized carbons (Fsp3) is 0.161. The summed E-state index contributed by atoms with van der Waals surface area (Å²) < 4.78 is 0. The fourth-order valence-corrected chi connectivity index (χ4v) is 5.25. The van der Waals surface area contributed by atoms with Gasteiger partial charge in [-0.05, 0) is 67.1 Å². The average Bonchev–Trinajstić information content (AvgIpc) is 2.89. The van der Waals surface area contributed by atoms with E-state index in [0.29, 0.717) is 56.1 Å². The molecule has 7 heteroatoms. The van der Waals surface area contributed by atoms with Crippen molar-refractivity contribution in [3.05, 3.63) is 71.3 Å². The van der Waals surface area contributed by atoms with Crippen molar-refractivity contribution >= 4 is 32.9 Å². The SMILES string of the molecule is CCCc1c(O)c(O)cc2c(O)c(-c3c(C)cc4c(Nc5ccccc5)c(O)c(O)cc4c3O)c(C)cc12. The van der Waals surface area contributed by atoms with E-state index in [1.165, 1.54) is 12.1 Å². The number of phenols is 6. The lowest BCUT2D eigenvalue weighted by molar-refractivity contribution is 0.400. The summed E-state index contributed by atoms with van der Waals surface area (Å²) in [5.41, 5.74) is 3.46. The zero-order valence-corrected chi connectivity index (χ0v) is 21.3. The Bertz CT molecular complexity index is 1730. The van der Waals surface area contributed by atoms with Crippen LogP contribution >= 0.6 is 0 Å². The Labute approximate surface area is 219 Å². The van der Waals surface area contributed by atoms with E-state index < -0.39 is 5.75 Å². The van der Waals surface area contributed by atoms with E-state index >= 15 is 0 Å². The van der Waals surface area contributed by atoms with Gasteiger partial charge in [-0.1, -0.05) is 37.6 Å². The average molecular weight is 512 g/mol. The number of benzene rings is 5. The van der Waals surface area contributed by atoms with E-state index in [1.807, 2.05) is 43.3 Å². The minimum Gasteiger partial charge on any atom is -0.507 e. The van der Waals surface area contributed by atoms with Gasteiger partial charge in [0.25, 0.3) is 0 Å². The van der Waals surface area contributed by atoms with Crippen LogP contribution in [0.4, 0.5) is 11.4 Å². The molecule has 0 aliphatic carbocycles. The Morgan fingerprint density at radius 2 is 1.13 bits per heavy atom. The lowest BCUT2D eigenvalue weighted by Crippen LogP contribution is -1.97. The number of aromatic hydroxyl groups is 6. The molecule has 0 bridgehead atoms. The molecule has 0 aliphatic heterocycles. The molecule has 0 saturated heterocycles. The van der Waals surface area contributed by atoms with Gasteiger partial charge in [-0.2, -0.15) is 0 Å². The summed E-state index contributed by atoms with van der Waals surface area (Å²) in [4.78, 5) is 0. The fourth-order valence-electron chi connectivity index (χ4n) is 5.25. The topological polar surface area (TPSA) is 133 Å². The van der Waals surface area contributed by atoms with Gasteiger partial charge >= 0.3 is 0 Å². The van der Waals surface area contributed by atoms with Gasteiger partial charge in [0.05, 0.1) is 5.69 Å². The summed E-state index contributed by atoms with van der Waals surface area (Å²) in [5, 5.41) is 69.9. The zero-order chi connectivity index (χ0) is 27.3. The molecule has 0 aromatic heterocycles. The van der Waals surface area contributed by atoms with E-state index in [4.69, 9.17) is 0 Å². The number of hydrogen-bond donors (Lipinski definition) is 7. The van der Waals surface area contributed by atoms with Crippen LogP contribution in [0.5, 0.6) is 34.5 Å². The van der Waals surface area contributed by atoms with E-state index in [0.717, 1.165) is 6.42 Å². The van der Waals surface area contributed by atoms with Crippen molar-refractivity contribution < 1.29 is 30.6 Å². The number of rotatable bonds is 5. The molecule has 5 rings (SSSR count). The van der Waals surface area contributed by atoms with E-state index in [1.54, 1.807) is 19.9 Å². The highest BCUT2D eigenvalue weighted by Crippen LogP contribution is 2.52. The molecule has 0 unspecified atom stereocenters. The molecule has 7 N–H and O–H groups in total. The molecule has 0 aliphatic rings. The lowest BCUT2D eigenvalue weighted by Gasteiger charge is -2.20. The van der Waals surface area contributed by atoms with Gasteiger partial charge in [0.1, 0.15) is 11.5 Å². The molecular weight excluding hydrogens is 482 g/mol. The monoisotopic (exact) mass is 511 g/mol. The number of fused-ring (bicyclic) bond motifs is 2. The standard InChI is InChI=1S/C31H29NO6/c1-4-8-18-19-11-15(2)25(29(36)21(19)13-23(33)28(18)35)26-16(3)12-20-22(30(26)37)14-24(34)31(38)27(20)32-17-9-6-5-7-10-17/h5-7,9-14,32-38H,4,8H2,1-3H3. The normalized spacial score (nSPS) is 11.3. The summed E-state index contributed by atoms with van der Waals surface area (Å²) in [7, 11) is 0. The van der Waals surface area contributed by atoms with Crippen LogP contribution in [-0.4, -0.2) is 30.6 Å². The Morgan fingerprint density at radius 1 is 0.605 bits per heavy atom. The third-order valence-corrected chi connectivity index (χ3v) is 7.03. The highest BCUT2D eigenvalue weighted by Gasteiger charge is 2.24. The molecule has 194 valence electrons. The van der Waals surface area contributed by atoms with Crippen molar-refractivity contribution in [3.63, 3.8) is 0 Å². The third-order valence-electron chi connectivity index (χ3n) is 7.03. The summed E-state index contributed by atoms with van der Waals surface area (Å²) >= 11 is 0. The number of para-hydroxylation sites is 1. The molecule has 0 amide bonds. The van der Waals surface area contributed by atoms with E-state index in [2.05, 4.69) is 5.32 Å². The molecule has 5 aromatic carbocycles. The first-order valence-electron chi connectivity index (χ1n) is 12.4. The van der Waals surface area contributed by atoms with Crippen LogP contribution in [0.1, 0.15) is 30.0 Å². The van der Waals surface area contributed by atoms with E-state index in [-0.39, 0.29) is 39.8 Å². The Morgan fingerprint density at radius 3 is 1.71 bits per heavy atom. The summed E-state index contributed by atoms with van der Waals surface area (Å²) in [5.74, 6) is -1.62. The highest BCUT2D eigenvalue weighted by molar-refractivity contribution is 6.09. The van der Waals surface area contributed by atoms with Crippen LogP contribution in [0.25, 0.3) is 32.7 Å². The number of hydrogen-bond acceptors (Lipinski definition) is 7. The Hall–Kier alpha value is -4.78. The highest BCUT2D eigenvalue weighted by atomic mass is 16.3. The van der Waals surface area contributed by atoms with Gasteiger partial charge < -0.3 is 36.0 Å². The predicted molar refractivity (Wildman–Crippen MR) is 150 cm³/mol. The second kappa shape index (κ2) is 9.27. The number of phenolic OH excluding ortho intramolecular Hbond substituents is 6. The van der Waals surface area contributed by atoms with Gasteiger partial charge in [0.2, 0.25) is 0 Å². The van der Waals surface area contributed by atoms with Crippen molar-refractivity contribution in [2.75, 3.05) is 5.32 Å². The van der Waals surface area contributed by atoms with Crippen LogP contribution in [-0.2, 0) is 6.42 Å². The largest absolute Gasteiger partial charge is 0.507 e. The number of aryl methyl sites for hydroxylation is 3. The van der Waals surface area contributed by atoms with Gasteiger partial charge in [-0.3, -0.25) is 0 Å². The van der Waals surface area contributed by atoms with Crippen molar-refractivity contribution in [1.82, 2.24) is 0 Å². The van der Waals surface area contributed by atoms with Crippen molar-refractivity contribution in [2.24, 2.45) is 0 Å². The van der Waals surface area contributed by atoms with Gasteiger partial charge in [0.15, 0.2) is 23.0 Å². The first-order valence-corrected chi connectivity index (χ1v) is 12.4. The number of nitrogens with one attached hydrogen (secondary N) is 1. The molecule has 0 radical (unpaired) electrons. The second-order valence-electron chi connectivity index (χ2n) is 9.61. The summed E-state index contributed by atoms with van der Waals surface area (Å²) in [6.45, 7) is 5.54. The van der Waals surface area contributed by atoms with Crippen molar-refractivity contribution in [1.29, 1.82) is 0 Å². The molecule has 0 atom stereocenters. The quantitative estimate of drug-likeness (QED) is 0.124. The second-order valence-corrected chi connectivity index (χ2v) is 9.61. The smallest absolute Gasteiger partial charge is 0.182 e. The van der Waals surface area contributed by atoms with Gasteiger partial charge in [-0.25, -0.2) is 0 Å².